The number of oxime groups is 1. The number of benzene rings is 1. The van der Waals surface area contributed by atoms with E-state index in [4.69, 9.17) is 15.7 Å². The van der Waals surface area contributed by atoms with Gasteiger partial charge in [0.25, 0.3) is 0 Å². The van der Waals surface area contributed by atoms with Crippen molar-refractivity contribution in [3.05, 3.63) is 29.6 Å². The molecule has 0 spiro atoms. The van der Waals surface area contributed by atoms with E-state index in [0.29, 0.717) is 6.42 Å². The normalized spacial score (nSPS) is 12.4. The molecule has 20 heavy (non-hydrogen) atoms. The molecule has 1 aromatic carbocycles. The van der Waals surface area contributed by atoms with Crippen LogP contribution in [0.5, 0.6) is 0 Å². The van der Waals surface area contributed by atoms with Crippen LogP contribution in [0.15, 0.2) is 23.4 Å². The lowest BCUT2D eigenvalue weighted by atomic mass is 10.1. The molecule has 4 N–H and O–H groups in total. The van der Waals surface area contributed by atoms with Crippen molar-refractivity contribution < 1.29 is 22.8 Å². The summed E-state index contributed by atoms with van der Waals surface area (Å²) in [5.74, 6) is -1.50. The molecule has 0 amide bonds. The minimum atomic E-state index is -3.68. The van der Waals surface area contributed by atoms with Crippen molar-refractivity contribution in [2.45, 2.75) is 6.42 Å². The van der Waals surface area contributed by atoms with Gasteiger partial charge in [-0.1, -0.05) is 11.2 Å². The van der Waals surface area contributed by atoms with Crippen LogP contribution >= 0.6 is 0 Å². The molecule has 0 aliphatic rings. The van der Waals surface area contributed by atoms with Crippen molar-refractivity contribution in [3.63, 3.8) is 0 Å². The summed E-state index contributed by atoms with van der Waals surface area (Å²) in [7, 11) is -2.22. The van der Waals surface area contributed by atoms with E-state index in [1.807, 2.05) is 0 Å². The van der Waals surface area contributed by atoms with E-state index >= 15 is 0 Å². The largest absolute Gasteiger partial charge is 0.409 e. The molecule has 0 unspecified atom stereocenters. The standard InChI is InChI=1S/C11H16FN3O4S/c1-19-6-3-7-20(17,18)15-9-5-2-4-8(12)10(9)11(13)14-16/h2,4-5,15-16H,3,6-7H2,1H3,(H2,13,14). The zero-order chi connectivity index (χ0) is 15.2. The first-order valence-corrected chi connectivity index (χ1v) is 7.32. The van der Waals surface area contributed by atoms with Crippen LogP contribution in [-0.2, 0) is 14.8 Å². The SMILES string of the molecule is COCCCS(=O)(=O)Nc1cccc(F)c1C(N)=NO. The third kappa shape index (κ3) is 4.35. The Labute approximate surface area is 116 Å². The van der Waals surface area contributed by atoms with E-state index in [2.05, 4.69) is 9.88 Å². The smallest absolute Gasteiger partial charge is 0.232 e. The van der Waals surface area contributed by atoms with Crippen molar-refractivity contribution in [1.82, 2.24) is 0 Å². The monoisotopic (exact) mass is 305 g/mol. The highest BCUT2D eigenvalue weighted by Crippen LogP contribution is 2.20. The Kier molecular flexibility index (Phi) is 5.71. The molecule has 9 heteroatoms. The summed E-state index contributed by atoms with van der Waals surface area (Å²) in [5, 5.41) is 11.3. The van der Waals surface area contributed by atoms with E-state index in [1.165, 1.54) is 19.2 Å². The Morgan fingerprint density at radius 2 is 2.25 bits per heavy atom. The Balaban J connectivity index is 3.01. The third-order valence-corrected chi connectivity index (χ3v) is 3.76. The molecule has 0 radical (unpaired) electrons. The highest BCUT2D eigenvalue weighted by molar-refractivity contribution is 7.92. The minimum absolute atomic E-state index is 0.0854. The number of ether oxygens (including phenoxy) is 1. The number of rotatable bonds is 7. The molecule has 7 nitrogen and oxygen atoms in total. The lowest BCUT2D eigenvalue weighted by Gasteiger charge is -2.12. The maximum absolute atomic E-state index is 13.6. The third-order valence-electron chi connectivity index (χ3n) is 2.40. The fraction of sp³-hybridized carbons (Fsp3) is 0.364. The average molecular weight is 305 g/mol. The zero-order valence-corrected chi connectivity index (χ0v) is 11.7. The molecule has 112 valence electrons. The first kappa shape index (κ1) is 16.2. The van der Waals surface area contributed by atoms with Crippen LogP contribution in [-0.4, -0.2) is 38.9 Å². The van der Waals surface area contributed by atoms with Gasteiger partial charge in [0.15, 0.2) is 5.84 Å². The maximum atomic E-state index is 13.6. The highest BCUT2D eigenvalue weighted by atomic mass is 32.2. The van der Waals surface area contributed by atoms with Gasteiger partial charge in [-0.3, -0.25) is 4.72 Å². The van der Waals surface area contributed by atoms with Crippen LogP contribution in [0.25, 0.3) is 0 Å². The molecule has 0 saturated heterocycles. The summed E-state index contributed by atoms with van der Waals surface area (Å²) in [5.41, 5.74) is 4.96. The number of methoxy groups -OCH3 is 1. The predicted octanol–water partition coefficient (Wildman–Crippen LogP) is 0.698. The zero-order valence-electron chi connectivity index (χ0n) is 10.8. The van der Waals surface area contributed by atoms with Gasteiger partial charge in [-0.15, -0.1) is 0 Å². The summed E-state index contributed by atoms with van der Waals surface area (Å²) in [4.78, 5) is 0. The summed E-state index contributed by atoms with van der Waals surface area (Å²) in [6.07, 6.45) is 0.292. The number of nitrogens with one attached hydrogen (secondary N) is 1. The molecule has 1 rings (SSSR count). The number of hydrogen-bond donors (Lipinski definition) is 3. The van der Waals surface area contributed by atoms with Crippen molar-refractivity contribution in [2.24, 2.45) is 10.9 Å². The van der Waals surface area contributed by atoms with Crippen LogP contribution in [0.3, 0.4) is 0 Å². The topological polar surface area (TPSA) is 114 Å². The number of halogens is 1. The quantitative estimate of drug-likeness (QED) is 0.225. The lowest BCUT2D eigenvalue weighted by Crippen LogP contribution is -2.22. The molecule has 0 heterocycles. The molecule has 0 aromatic heterocycles. The molecule has 0 saturated carbocycles. The fourth-order valence-electron chi connectivity index (χ4n) is 1.53. The number of anilines is 1. The van der Waals surface area contributed by atoms with Crippen molar-refractivity contribution in [3.8, 4) is 0 Å². The van der Waals surface area contributed by atoms with Crippen LogP contribution in [0.1, 0.15) is 12.0 Å². The Bertz CT molecular complexity index is 589. The van der Waals surface area contributed by atoms with Crippen LogP contribution in [0.4, 0.5) is 10.1 Å². The van der Waals surface area contributed by atoms with Gasteiger partial charge >= 0.3 is 0 Å². The predicted molar refractivity (Wildman–Crippen MR) is 72.8 cm³/mol. The van der Waals surface area contributed by atoms with Gasteiger partial charge in [0.1, 0.15) is 5.82 Å². The Hall–Kier alpha value is -1.87. The van der Waals surface area contributed by atoms with Crippen molar-refractivity contribution >= 4 is 21.5 Å². The summed E-state index contributed by atoms with van der Waals surface area (Å²) >= 11 is 0. The summed E-state index contributed by atoms with van der Waals surface area (Å²) < 4.78 is 44.2. The molecule has 0 aliphatic carbocycles. The molecular formula is C11H16FN3O4S. The van der Waals surface area contributed by atoms with E-state index in [-0.39, 0.29) is 23.6 Å². The van der Waals surface area contributed by atoms with Gasteiger partial charge in [0.2, 0.25) is 10.0 Å². The fourth-order valence-corrected chi connectivity index (χ4v) is 2.64. The van der Waals surface area contributed by atoms with Crippen LogP contribution in [0.2, 0.25) is 0 Å². The average Bonchev–Trinajstić information content (AvgIpc) is 2.38. The van der Waals surface area contributed by atoms with Gasteiger partial charge < -0.3 is 15.7 Å². The Morgan fingerprint density at radius 1 is 1.55 bits per heavy atom. The second kappa shape index (κ2) is 7.06. The second-order valence-electron chi connectivity index (χ2n) is 3.91. The van der Waals surface area contributed by atoms with Crippen LogP contribution < -0.4 is 10.5 Å². The second-order valence-corrected chi connectivity index (χ2v) is 5.76. The van der Waals surface area contributed by atoms with Crippen molar-refractivity contribution in [2.75, 3.05) is 24.2 Å². The van der Waals surface area contributed by atoms with Gasteiger partial charge in [-0.25, -0.2) is 12.8 Å². The number of hydrogen-bond acceptors (Lipinski definition) is 5. The number of sulfonamides is 1. The summed E-state index contributed by atoms with van der Waals surface area (Å²) in [6.45, 7) is 0.289. The van der Waals surface area contributed by atoms with Gasteiger partial charge in [-0.2, -0.15) is 0 Å². The summed E-state index contributed by atoms with van der Waals surface area (Å²) in [6, 6.07) is 3.72. The number of amidine groups is 1. The van der Waals surface area contributed by atoms with E-state index < -0.39 is 21.7 Å². The first-order valence-electron chi connectivity index (χ1n) is 5.67. The molecule has 0 fully saturated rings. The molecule has 1 aromatic rings. The lowest BCUT2D eigenvalue weighted by molar-refractivity contribution is 0.199. The highest BCUT2D eigenvalue weighted by Gasteiger charge is 2.17. The van der Waals surface area contributed by atoms with E-state index in [1.54, 1.807) is 0 Å². The first-order chi connectivity index (χ1) is 9.41. The number of nitrogens with two attached hydrogens (primary N) is 1. The maximum Gasteiger partial charge on any atom is 0.232 e. The molecule has 0 bridgehead atoms. The van der Waals surface area contributed by atoms with Gasteiger partial charge in [-0.05, 0) is 18.6 Å². The van der Waals surface area contributed by atoms with Crippen molar-refractivity contribution in [1.29, 1.82) is 0 Å². The van der Waals surface area contributed by atoms with Gasteiger partial charge in [0, 0.05) is 13.7 Å². The molecular weight excluding hydrogens is 289 g/mol. The molecule has 0 aliphatic heterocycles. The number of nitrogens with zero attached hydrogens (tertiary/aromatic N) is 1. The van der Waals surface area contributed by atoms with Crippen LogP contribution in [0, 0.1) is 5.82 Å². The minimum Gasteiger partial charge on any atom is -0.409 e. The Morgan fingerprint density at radius 3 is 2.85 bits per heavy atom. The molecule has 0 atom stereocenters. The van der Waals surface area contributed by atoms with E-state index in [0.717, 1.165) is 6.07 Å². The van der Waals surface area contributed by atoms with Gasteiger partial charge in [0.05, 0.1) is 17.0 Å². The van der Waals surface area contributed by atoms with E-state index in [9.17, 15) is 12.8 Å².